The summed E-state index contributed by atoms with van der Waals surface area (Å²) in [5, 5.41) is 9.24. The van der Waals surface area contributed by atoms with Crippen molar-refractivity contribution in [3.05, 3.63) is 28.5 Å². The molecule has 1 rings (SSSR count). The lowest BCUT2D eigenvalue weighted by atomic mass is 10.2. The van der Waals surface area contributed by atoms with Crippen LogP contribution in [0.1, 0.15) is 11.7 Å². The van der Waals surface area contributed by atoms with Crippen LogP contribution in [0.15, 0.2) is 22.9 Å². The van der Waals surface area contributed by atoms with Crippen LogP contribution in [0.25, 0.3) is 0 Å². The molecule has 4 heteroatoms. The molecule has 0 radical (unpaired) electrons. The summed E-state index contributed by atoms with van der Waals surface area (Å²) in [6.07, 6.45) is 0.998. The predicted molar refractivity (Wildman–Crippen MR) is 46.0 cm³/mol. The van der Waals surface area contributed by atoms with Crippen LogP contribution in [0.2, 0.25) is 0 Å². The lowest BCUT2D eigenvalue weighted by Crippen LogP contribution is -2.11. The van der Waals surface area contributed by atoms with Gasteiger partial charge in [-0.25, -0.2) is 4.98 Å². The molecule has 0 aliphatic rings. The van der Waals surface area contributed by atoms with E-state index < -0.39 is 6.10 Å². The zero-order chi connectivity index (χ0) is 8.27. The van der Waals surface area contributed by atoms with Gasteiger partial charge < -0.3 is 10.8 Å². The number of aliphatic hydroxyl groups excluding tert-OH is 1. The molecule has 1 atom stereocenters. The van der Waals surface area contributed by atoms with Crippen molar-refractivity contribution in [3.63, 3.8) is 0 Å². The fraction of sp³-hybridized carbons (Fsp3) is 0.286. The molecular weight excluding hydrogens is 208 g/mol. The maximum absolute atomic E-state index is 9.24. The van der Waals surface area contributed by atoms with Crippen molar-refractivity contribution in [1.82, 2.24) is 4.98 Å². The van der Waals surface area contributed by atoms with Crippen molar-refractivity contribution in [1.29, 1.82) is 0 Å². The molecule has 0 aliphatic carbocycles. The number of rotatable bonds is 2. The molecule has 3 nitrogen and oxygen atoms in total. The van der Waals surface area contributed by atoms with Crippen molar-refractivity contribution in [2.24, 2.45) is 5.73 Å². The summed E-state index contributed by atoms with van der Waals surface area (Å²) in [6.45, 7) is 0.226. The molecule has 0 saturated heterocycles. The topological polar surface area (TPSA) is 59.1 Å². The molecule has 3 N–H and O–H groups in total. The largest absolute Gasteiger partial charge is 0.387 e. The van der Waals surface area contributed by atoms with Gasteiger partial charge in [0.1, 0.15) is 4.60 Å². The second kappa shape index (κ2) is 3.80. The fourth-order valence-electron chi connectivity index (χ4n) is 0.720. The van der Waals surface area contributed by atoms with Crippen LogP contribution in [0.4, 0.5) is 0 Å². The minimum Gasteiger partial charge on any atom is -0.387 e. The van der Waals surface area contributed by atoms with E-state index in [9.17, 15) is 5.11 Å². The van der Waals surface area contributed by atoms with Gasteiger partial charge in [-0.1, -0.05) is 6.07 Å². The average Bonchev–Trinajstić information content (AvgIpc) is 2.05. The highest BCUT2D eigenvalue weighted by atomic mass is 79.9. The van der Waals surface area contributed by atoms with Crippen LogP contribution in [-0.2, 0) is 0 Å². The summed E-state index contributed by atoms with van der Waals surface area (Å²) in [5.41, 5.74) is 6.00. The summed E-state index contributed by atoms with van der Waals surface area (Å²) in [6, 6.07) is 3.56. The first-order valence-electron chi connectivity index (χ1n) is 3.23. The second-order valence-electron chi connectivity index (χ2n) is 2.17. The zero-order valence-corrected chi connectivity index (χ0v) is 7.45. The SMILES string of the molecule is NC[C@H](O)c1ccc(Br)nc1. The molecule has 1 aromatic heterocycles. The molecule has 0 aliphatic heterocycles. The van der Waals surface area contributed by atoms with Crippen LogP contribution in [0.5, 0.6) is 0 Å². The third-order valence-electron chi connectivity index (χ3n) is 1.36. The monoisotopic (exact) mass is 216 g/mol. The van der Waals surface area contributed by atoms with Crippen molar-refractivity contribution < 1.29 is 5.11 Å². The van der Waals surface area contributed by atoms with Gasteiger partial charge in [-0.05, 0) is 22.0 Å². The highest BCUT2D eigenvalue weighted by molar-refractivity contribution is 9.10. The van der Waals surface area contributed by atoms with Gasteiger partial charge >= 0.3 is 0 Å². The number of hydrogen-bond donors (Lipinski definition) is 2. The number of aromatic nitrogens is 1. The van der Waals surface area contributed by atoms with E-state index >= 15 is 0 Å². The maximum Gasteiger partial charge on any atom is 0.106 e. The highest BCUT2D eigenvalue weighted by Gasteiger charge is 2.03. The molecule has 0 aromatic carbocycles. The Morgan fingerprint density at radius 1 is 1.64 bits per heavy atom. The molecule has 0 saturated carbocycles. The van der Waals surface area contributed by atoms with Gasteiger partial charge in [0.2, 0.25) is 0 Å². The Balaban J connectivity index is 2.81. The molecular formula is C7H9BrN2O. The van der Waals surface area contributed by atoms with Gasteiger partial charge in [0.25, 0.3) is 0 Å². The van der Waals surface area contributed by atoms with Gasteiger partial charge in [0.05, 0.1) is 6.10 Å². The van der Waals surface area contributed by atoms with E-state index in [-0.39, 0.29) is 6.54 Å². The maximum atomic E-state index is 9.24. The number of nitrogens with two attached hydrogens (primary N) is 1. The van der Waals surface area contributed by atoms with E-state index in [0.717, 1.165) is 10.2 Å². The standard InChI is InChI=1S/C7H9BrN2O/c8-7-2-1-5(4-10-7)6(11)3-9/h1-2,4,6,11H,3,9H2/t6-/m0/s1. The van der Waals surface area contributed by atoms with Gasteiger partial charge in [-0.3, -0.25) is 0 Å². The van der Waals surface area contributed by atoms with E-state index in [4.69, 9.17) is 5.73 Å². The summed E-state index contributed by atoms with van der Waals surface area (Å²) in [4.78, 5) is 3.95. The van der Waals surface area contributed by atoms with E-state index in [2.05, 4.69) is 20.9 Å². The first kappa shape index (κ1) is 8.64. The minimum absolute atomic E-state index is 0.226. The average molecular weight is 217 g/mol. The number of hydrogen-bond acceptors (Lipinski definition) is 3. The number of pyridine rings is 1. The second-order valence-corrected chi connectivity index (χ2v) is 2.98. The van der Waals surface area contributed by atoms with Gasteiger partial charge in [-0.15, -0.1) is 0 Å². The summed E-state index contributed by atoms with van der Waals surface area (Å²) in [5.74, 6) is 0. The summed E-state index contributed by atoms with van der Waals surface area (Å²) >= 11 is 3.19. The Kier molecular flexibility index (Phi) is 2.99. The molecule has 1 aromatic rings. The van der Waals surface area contributed by atoms with Crippen LogP contribution in [0.3, 0.4) is 0 Å². The Morgan fingerprint density at radius 3 is 2.82 bits per heavy atom. The first-order chi connectivity index (χ1) is 5.24. The first-order valence-corrected chi connectivity index (χ1v) is 4.03. The van der Waals surface area contributed by atoms with Crippen molar-refractivity contribution >= 4 is 15.9 Å². The molecule has 1 heterocycles. The van der Waals surface area contributed by atoms with Gasteiger partial charge in [0, 0.05) is 18.3 Å². The molecule has 0 spiro atoms. The van der Waals surface area contributed by atoms with Crippen LogP contribution >= 0.6 is 15.9 Å². The molecule has 11 heavy (non-hydrogen) atoms. The highest BCUT2D eigenvalue weighted by Crippen LogP contribution is 2.12. The molecule has 0 fully saturated rings. The smallest absolute Gasteiger partial charge is 0.106 e. The Morgan fingerprint density at radius 2 is 2.36 bits per heavy atom. The summed E-state index contributed by atoms with van der Waals surface area (Å²) < 4.78 is 0.755. The van der Waals surface area contributed by atoms with Crippen molar-refractivity contribution in [2.75, 3.05) is 6.54 Å². The quantitative estimate of drug-likeness (QED) is 0.721. The zero-order valence-electron chi connectivity index (χ0n) is 5.87. The Labute approximate surface area is 73.4 Å². The third-order valence-corrected chi connectivity index (χ3v) is 1.83. The van der Waals surface area contributed by atoms with Gasteiger partial charge in [-0.2, -0.15) is 0 Å². The lowest BCUT2D eigenvalue weighted by Gasteiger charge is -2.05. The van der Waals surface area contributed by atoms with Crippen molar-refractivity contribution in [3.8, 4) is 0 Å². The third kappa shape index (κ3) is 2.25. The minimum atomic E-state index is -0.601. The van der Waals surface area contributed by atoms with E-state index in [1.807, 2.05) is 0 Å². The van der Waals surface area contributed by atoms with E-state index in [1.54, 1.807) is 18.3 Å². The van der Waals surface area contributed by atoms with Crippen LogP contribution in [0, 0.1) is 0 Å². The number of nitrogens with zero attached hydrogens (tertiary/aromatic N) is 1. The number of halogens is 1. The number of aliphatic hydroxyl groups is 1. The Hall–Kier alpha value is -0.450. The van der Waals surface area contributed by atoms with E-state index in [0.29, 0.717) is 0 Å². The van der Waals surface area contributed by atoms with E-state index in [1.165, 1.54) is 0 Å². The molecule has 0 bridgehead atoms. The molecule has 0 amide bonds. The van der Waals surface area contributed by atoms with Crippen LogP contribution in [-0.4, -0.2) is 16.6 Å². The lowest BCUT2D eigenvalue weighted by molar-refractivity contribution is 0.186. The van der Waals surface area contributed by atoms with Crippen molar-refractivity contribution in [2.45, 2.75) is 6.10 Å². The van der Waals surface area contributed by atoms with Crippen LogP contribution < -0.4 is 5.73 Å². The predicted octanol–water partition coefficient (Wildman–Crippen LogP) is 0.836. The summed E-state index contributed by atoms with van der Waals surface area (Å²) in [7, 11) is 0. The molecule has 60 valence electrons. The fourth-order valence-corrected chi connectivity index (χ4v) is 0.955. The van der Waals surface area contributed by atoms with Gasteiger partial charge in [0.15, 0.2) is 0 Å². The normalized spacial score (nSPS) is 13.0. The Bertz CT molecular complexity index is 224. The molecule has 0 unspecified atom stereocenters.